The van der Waals surface area contributed by atoms with Crippen molar-refractivity contribution in [2.24, 2.45) is 0 Å². The van der Waals surface area contributed by atoms with Gasteiger partial charge in [-0.25, -0.2) is 13.4 Å². The number of nitrogens with one attached hydrogen (secondary N) is 1. The highest BCUT2D eigenvalue weighted by Gasteiger charge is 2.31. The van der Waals surface area contributed by atoms with Crippen LogP contribution in [-0.2, 0) is 10.0 Å². The molecule has 4 rings (SSSR count). The standard InChI is InChI=1S/C22H28N4O3S/c1-30(28,29)24-21-11-10-19(15-23-21)17-6-8-18(9-7-17)22(27)26-14-4-5-20(26)16-25-12-2-3-13-25/h6-11,15,20H,2-5,12-14,16H2,1H3,(H,23,24)/t20-/m0/s1. The van der Waals surface area contributed by atoms with E-state index in [9.17, 15) is 13.2 Å². The number of aromatic nitrogens is 1. The number of amides is 1. The molecule has 0 saturated carbocycles. The molecule has 7 nitrogen and oxygen atoms in total. The van der Waals surface area contributed by atoms with Crippen molar-refractivity contribution in [1.29, 1.82) is 0 Å². The number of sulfonamides is 1. The first-order chi connectivity index (χ1) is 14.4. The average molecular weight is 429 g/mol. The Bertz CT molecular complexity index is 984. The zero-order valence-electron chi connectivity index (χ0n) is 17.3. The Balaban J connectivity index is 1.43. The van der Waals surface area contributed by atoms with Crippen LogP contribution in [0.2, 0.25) is 0 Å². The number of pyridine rings is 1. The molecular formula is C22H28N4O3S. The lowest BCUT2D eigenvalue weighted by atomic mass is 10.0. The second kappa shape index (κ2) is 8.73. The fourth-order valence-electron chi connectivity index (χ4n) is 4.34. The van der Waals surface area contributed by atoms with Gasteiger partial charge in [0.25, 0.3) is 5.91 Å². The van der Waals surface area contributed by atoms with Crippen molar-refractivity contribution in [3.63, 3.8) is 0 Å². The molecule has 0 radical (unpaired) electrons. The van der Waals surface area contributed by atoms with Crippen molar-refractivity contribution in [3.8, 4) is 11.1 Å². The predicted octanol–water partition coefficient (Wildman–Crippen LogP) is 2.82. The molecule has 2 aliphatic rings. The first-order valence-electron chi connectivity index (χ1n) is 10.5. The summed E-state index contributed by atoms with van der Waals surface area (Å²) in [6.45, 7) is 4.13. The monoisotopic (exact) mass is 428 g/mol. The summed E-state index contributed by atoms with van der Waals surface area (Å²) in [4.78, 5) is 21.8. The number of anilines is 1. The minimum Gasteiger partial charge on any atom is -0.334 e. The van der Waals surface area contributed by atoms with Gasteiger partial charge in [0.15, 0.2) is 0 Å². The maximum Gasteiger partial charge on any atom is 0.254 e. The van der Waals surface area contributed by atoms with E-state index >= 15 is 0 Å². The molecule has 2 saturated heterocycles. The molecular weight excluding hydrogens is 400 g/mol. The third-order valence-electron chi connectivity index (χ3n) is 5.82. The Labute approximate surface area is 178 Å². The van der Waals surface area contributed by atoms with Crippen molar-refractivity contribution in [2.75, 3.05) is 37.2 Å². The lowest BCUT2D eigenvalue weighted by molar-refractivity contribution is 0.0709. The van der Waals surface area contributed by atoms with Crippen LogP contribution in [0, 0.1) is 0 Å². The number of carbonyl (C=O) groups excluding carboxylic acids is 1. The van der Waals surface area contributed by atoms with Gasteiger partial charge in [-0.1, -0.05) is 12.1 Å². The Kier molecular flexibility index (Phi) is 6.06. The minimum atomic E-state index is -3.35. The molecule has 1 atom stereocenters. The molecule has 8 heteroatoms. The van der Waals surface area contributed by atoms with Crippen LogP contribution in [0.4, 0.5) is 5.82 Å². The van der Waals surface area contributed by atoms with E-state index in [4.69, 9.17) is 0 Å². The fraction of sp³-hybridized carbons (Fsp3) is 0.455. The molecule has 0 spiro atoms. The van der Waals surface area contributed by atoms with E-state index in [1.165, 1.54) is 12.8 Å². The molecule has 0 bridgehead atoms. The number of hydrogen-bond donors (Lipinski definition) is 1. The highest BCUT2D eigenvalue weighted by atomic mass is 32.2. The van der Waals surface area contributed by atoms with E-state index in [0.717, 1.165) is 56.4 Å². The molecule has 2 aliphatic heterocycles. The topological polar surface area (TPSA) is 82.6 Å². The van der Waals surface area contributed by atoms with Gasteiger partial charge < -0.3 is 9.80 Å². The summed E-state index contributed by atoms with van der Waals surface area (Å²) in [5.41, 5.74) is 2.50. The maximum absolute atomic E-state index is 13.1. The molecule has 0 unspecified atom stereocenters. The average Bonchev–Trinajstić information content (AvgIpc) is 3.39. The van der Waals surface area contributed by atoms with Crippen molar-refractivity contribution in [1.82, 2.24) is 14.8 Å². The maximum atomic E-state index is 13.1. The van der Waals surface area contributed by atoms with Gasteiger partial charge >= 0.3 is 0 Å². The molecule has 160 valence electrons. The molecule has 3 heterocycles. The number of hydrogen-bond acceptors (Lipinski definition) is 5. The van der Waals surface area contributed by atoms with Gasteiger partial charge in [-0.05, 0) is 68.6 Å². The molecule has 2 aromatic rings. The summed E-state index contributed by atoms with van der Waals surface area (Å²) < 4.78 is 24.9. The van der Waals surface area contributed by atoms with Crippen molar-refractivity contribution in [2.45, 2.75) is 31.7 Å². The molecule has 1 N–H and O–H groups in total. The van der Waals surface area contributed by atoms with Gasteiger partial charge in [-0.2, -0.15) is 0 Å². The Morgan fingerprint density at radius 2 is 1.73 bits per heavy atom. The molecule has 1 aromatic heterocycles. The van der Waals surface area contributed by atoms with Gasteiger partial charge in [0.05, 0.1) is 6.26 Å². The van der Waals surface area contributed by atoms with Gasteiger partial charge in [0.1, 0.15) is 5.82 Å². The number of carbonyl (C=O) groups is 1. The molecule has 2 fully saturated rings. The lowest BCUT2D eigenvalue weighted by Gasteiger charge is -2.28. The molecule has 30 heavy (non-hydrogen) atoms. The van der Waals surface area contributed by atoms with E-state index in [1.54, 1.807) is 12.3 Å². The van der Waals surface area contributed by atoms with Crippen LogP contribution < -0.4 is 4.72 Å². The van der Waals surface area contributed by atoms with E-state index in [1.807, 2.05) is 35.2 Å². The van der Waals surface area contributed by atoms with Crippen LogP contribution in [0.3, 0.4) is 0 Å². The second-order valence-corrected chi connectivity index (χ2v) is 9.93. The van der Waals surface area contributed by atoms with Crippen LogP contribution in [0.15, 0.2) is 42.6 Å². The van der Waals surface area contributed by atoms with Crippen molar-refractivity contribution in [3.05, 3.63) is 48.2 Å². The van der Waals surface area contributed by atoms with Crippen molar-refractivity contribution < 1.29 is 13.2 Å². The Hall–Kier alpha value is -2.45. The fourth-order valence-corrected chi connectivity index (χ4v) is 4.84. The number of nitrogens with zero attached hydrogens (tertiary/aromatic N) is 3. The highest BCUT2D eigenvalue weighted by Crippen LogP contribution is 2.25. The summed E-state index contributed by atoms with van der Waals surface area (Å²) >= 11 is 0. The smallest absolute Gasteiger partial charge is 0.254 e. The first kappa shape index (κ1) is 20.8. The van der Waals surface area contributed by atoms with Gasteiger partial charge in [0.2, 0.25) is 10.0 Å². The molecule has 0 aliphatic carbocycles. The normalized spacial score (nSPS) is 19.9. The summed E-state index contributed by atoms with van der Waals surface area (Å²) in [7, 11) is -3.35. The largest absolute Gasteiger partial charge is 0.334 e. The van der Waals surface area contributed by atoms with Crippen LogP contribution in [0.1, 0.15) is 36.0 Å². The van der Waals surface area contributed by atoms with Gasteiger partial charge in [-0.3, -0.25) is 9.52 Å². The van der Waals surface area contributed by atoms with Crippen LogP contribution in [0.25, 0.3) is 11.1 Å². The Morgan fingerprint density at radius 3 is 2.37 bits per heavy atom. The summed E-state index contributed by atoms with van der Waals surface area (Å²) in [6.07, 6.45) is 7.40. The van der Waals surface area contributed by atoms with E-state index in [-0.39, 0.29) is 11.7 Å². The zero-order valence-corrected chi connectivity index (χ0v) is 18.1. The van der Waals surface area contributed by atoms with Crippen molar-refractivity contribution >= 4 is 21.7 Å². The Morgan fingerprint density at radius 1 is 1.03 bits per heavy atom. The molecule has 1 aromatic carbocycles. The second-order valence-electron chi connectivity index (χ2n) is 8.19. The third kappa shape index (κ3) is 4.99. The number of likely N-dealkylation sites (tertiary alicyclic amines) is 2. The lowest BCUT2D eigenvalue weighted by Crippen LogP contribution is -2.42. The first-order valence-corrected chi connectivity index (χ1v) is 12.4. The third-order valence-corrected chi connectivity index (χ3v) is 6.40. The van der Waals surface area contributed by atoms with Gasteiger partial charge in [0, 0.05) is 36.5 Å². The summed E-state index contributed by atoms with van der Waals surface area (Å²) in [6, 6.07) is 11.3. The quantitative estimate of drug-likeness (QED) is 0.765. The zero-order chi connectivity index (χ0) is 21.1. The number of rotatable bonds is 6. The van der Waals surface area contributed by atoms with E-state index in [0.29, 0.717) is 11.6 Å². The summed E-state index contributed by atoms with van der Waals surface area (Å²) in [5, 5.41) is 0. The minimum absolute atomic E-state index is 0.106. The van der Waals surface area contributed by atoms with E-state index < -0.39 is 10.0 Å². The summed E-state index contributed by atoms with van der Waals surface area (Å²) in [5.74, 6) is 0.389. The number of benzene rings is 1. The van der Waals surface area contributed by atoms with Crippen LogP contribution in [-0.4, -0.2) is 67.6 Å². The highest BCUT2D eigenvalue weighted by molar-refractivity contribution is 7.92. The SMILES string of the molecule is CS(=O)(=O)Nc1ccc(-c2ccc(C(=O)N3CCC[C@H]3CN3CCCC3)cc2)cn1. The van der Waals surface area contributed by atoms with Crippen LogP contribution >= 0.6 is 0 Å². The predicted molar refractivity (Wildman–Crippen MR) is 118 cm³/mol. The van der Waals surface area contributed by atoms with E-state index in [2.05, 4.69) is 14.6 Å². The van der Waals surface area contributed by atoms with Gasteiger partial charge in [-0.15, -0.1) is 0 Å². The van der Waals surface area contributed by atoms with Crippen LogP contribution in [0.5, 0.6) is 0 Å². The molecule has 1 amide bonds.